The molecule has 144 valence electrons. The van der Waals surface area contributed by atoms with E-state index in [1.807, 2.05) is 48.2 Å². The monoisotopic (exact) mass is 376 g/mol. The lowest BCUT2D eigenvalue weighted by atomic mass is 10.0. The van der Waals surface area contributed by atoms with Crippen LogP contribution in [-0.2, 0) is 0 Å². The largest absolute Gasteiger partial charge is 0.497 e. The Labute approximate surface area is 165 Å². The maximum atomic E-state index is 13.1. The van der Waals surface area contributed by atoms with Gasteiger partial charge in [0, 0.05) is 36.9 Å². The van der Waals surface area contributed by atoms with E-state index in [9.17, 15) is 4.79 Å². The molecule has 1 atom stereocenters. The second kappa shape index (κ2) is 9.08. The average Bonchev–Trinajstić information content (AvgIpc) is 2.78. The fraction of sp³-hybridized carbons (Fsp3) is 0.273. The zero-order valence-electron chi connectivity index (χ0n) is 16.4. The third kappa shape index (κ3) is 4.17. The molecule has 3 aromatic rings. The summed E-state index contributed by atoms with van der Waals surface area (Å²) in [6.07, 6.45) is 7.37. The summed E-state index contributed by atoms with van der Waals surface area (Å²) >= 11 is 0. The van der Waals surface area contributed by atoms with Gasteiger partial charge in [0.05, 0.1) is 18.7 Å². The molecule has 0 saturated heterocycles. The molecule has 1 unspecified atom stereocenters. The van der Waals surface area contributed by atoms with Crippen LogP contribution in [0.2, 0.25) is 0 Å². The van der Waals surface area contributed by atoms with Gasteiger partial charge in [0.2, 0.25) is 0 Å². The minimum absolute atomic E-state index is 0.0265. The number of nitrogens with zero attached hydrogens (tertiary/aromatic N) is 4. The summed E-state index contributed by atoms with van der Waals surface area (Å²) in [6.45, 7) is 4.65. The molecule has 1 aromatic carbocycles. The van der Waals surface area contributed by atoms with Crippen molar-refractivity contribution in [3.8, 4) is 17.1 Å². The van der Waals surface area contributed by atoms with Crippen LogP contribution in [0.3, 0.4) is 0 Å². The highest BCUT2D eigenvalue weighted by Crippen LogP contribution is 2.27. The van der Waals surface area contributed by atoms with E-state index in [4.69, 9.17) is 4.74 Å². The molecule has 0 aliphatic rings. The standard InChI is InChI=1S/C22H24N4O2/c1-4-20(16-8-10-19(28-3)11-9-16)26(5-2)22(27)18-14-24-21(25-15-18)17-7-6-12-23-13-17/h6-15,20H,4-5H2,1-3H3. The Morgan fingerprint density at radius 3 is 2.32 bits per heavy atom. The Balaban J connectivity index is 1.83. The highest BCUT2D eigenvalue weighted by Gasteiger charge is 2.24. The number of aromatic nitrogens is 3. The third-order valence-corrected chi connectivity index (χ3v) is 4.68. The predicted octanol–water partition coefficient (Wildman–Crippen LogP) is 4.16. The Morgan fingerprint density at radius 1 is 1.07 bits per heavy atom. The lowest BCUT2D eigenvalue weighted by Crippen LogP contribution is -2.34. The zero-order chi connectivity index (χ0) is 19.9. The van der Waals surface area contributed by atoms with E-state index in [0.29, 0.717) is 17.9 Å². The summed E-state index contributed by atoms with van der Waals surface area (Å²) in [5.41, 5.74) is 2.37. The summed E-state index contributed by atoms with van der Waals surface area (Å²) in [7, 11) is 1.64. The van der Waals surface area contributed by atoms with Crippen molar-refractivity contribution in [1.29, 1.82) is 0 Å². The fourth-order valence-electron chi connectivity index (χ4n) is 3.22. The van der Waals surface area contributed by atoms with Crippen LogP contribution in [0.1, 0.15) is 42.2 Å². The zero-order valence-corrected chi connectivity index (χ0v) is 16.4. The summed E-state index contributed by atoms with van der Waals surface area (Å²) < 4.78 is 5.23. The maximum Gasteiger partial charge on any atom is 0.257 e. The highest BCUT2D eigenvalue weighted by molar-refractivity contribution is 5.94. The molecule has 0 radical (unpaired) electrons. The van der Waals surface area contributed by atoms with Crippen molar-refractivity contribution in [2.75, 3.05) is 13.7 Å². The molecule has 1 amide bonds. The molecule has 0 N–H and O–H groups in total. The lowest BCUT2D eigenvalue weighted by molar-refractivity contribution is 0.0682. The molecule has 6 heteroatoms. The first-order valence-electron chi connectivity index (χ1n) is 9.35. The van der Waals surface area contributed by atoms with Crippen molar-refractivity contribution in [3.05, 3.63) is 72.3 Å². The number of ether oxygens (including phenoxy) is 1. The smallest absolute Gasteiger partial charge is 0.257 e. The van der Waals surface area contributed by atoms with E-state index < -0.39 is 0 Å². The van der Waals surface area contributed by atoms with Gasteiger partial charge in [-0.1, -0.05) is 19.1 Å². The summed E-state index contributed by atoms with van der Waals surface area (Å²) in [6, 6.07) is 11.5. The van der Waals surface area contributed by atoms with E-state index in [0.717, 1.165) is 23.3 Å². The number of benzene rings is 1. The van der Waals surface area contributed by atoms with Crippen molar-refractivity contribution < 1.29 is 9.53 Å². The first-order chi connectivity index (χ1) is 13.7. The number of methoxy groups -OCH3 is 1. The molecule has 0 saturated carbocycles. The fourth-order valence-corrected chi connectivity index (χ4v) is 3.22. The number of amides is 1. The Hall–Kier alpha value is -3.28. The molecular formula is C22H24N4O2. The van der Waals surface area contributed by atoms with Gasteiger partial charge in [0.15, 0.2) is 5.82 Å². The Morgan fingerprint density at radius 2 is 1.79 bits per heavy atom. The van der Waals surface area contributed by atoms with Gasteiger partial charge in [-0.2, -0.15) is 0 Å². The highest BCUT2D eigenvalue weighted by atomic mass is 16.5. The van der Waals surface area contributed by atoms with Crippen LogP contribution < -0.4 is 4.74 Å². The predicted molar refractivity (Wildman–Crippen MR) is 108 cm³/mol. The van der Waals surface area contributed by atoms with Crippen LogP contribution in [0.5, 0.6) is 5.75 Å². The number of carbonyl (C=O) groups is 1. The van der Waals surface area contributed by atoms with Crippen molar-refractivity contribution in [2.45, 2.75) is 26.3 Å². The van der Waals surface area contributed by atoms with Gasteiger partial charge in [-0.25, -0.2) is 9.97 Å². The van der Waals surface area contributed by atoms with E-state index in [1.165, 1.54) is 0 Å². The first-order valence-corrected chi connectivity index (χ1v) is 9.35. The molecule has 0 aliphatic carbocycles. The number of hydrogen-bond acceptors (Lipinski definition) is 5. The molecule has 0 aliphatic heterocycles. The van der Waals surface area contributed by atoms with Gasteiger partial charge in [0.1, 0.15) is 5.75 Å². The molecule has 0 fully saturated rings. The van der Waals surface area contributed by atoms with Gasteiger partial charge >= 0.3 is 0 Å². The van der Waals surface area contributed by atoms with Crippen LogP contribution >= 0.6 is 0 Å². The normalized spacial score (nSPS) is 11.7. The maximum absolute atomic E-state index is 13.1. The van der Waals surface area contributed by atoms with Gasteiger partial charge in [-0.05, 0) is 43.2 Å². The van der Waals surface area contributed by atoms with Crippen LogP contribution in [0, 0.1) is 0 Å². The average molecular weight is 376 g/mol. The van der Waals surface area contributed by atoms with Crippen LogP contribution in [-0.4, -0.2) is 39.4 Å². The van der Waals surface area contributed by atoms with E-state index in [1.54, 1.807) is 31.9 Å². The van der Waals surface area contributed by atoms with Gasteiger partial charge in [-0.15, -0.1) is 0 Å². The SMILES string of the molecule is CCC(c1ccc(OC)cc1)N(CC)C(=O)c1cnc(-c2cccnc2)nc1. The summed E-state index contributed by atoms with van der Waals surface area (Å²) in [5, 5.41) is 0. The molecular weight excluding hydrogens is 352 g/mol. The van der Waals surface area contributed by atoms with E-state index >= 15 is 0 Å². The van der Waals surface area contributed by atoms with Crippen molar-refractivity contribution in [2.24, 2.45) is 0 Å². The molecule has 0 bridgehead atoms. The number of rotatable bonds is 7. The van der Waals surface area contributed by atoms with Crippen molar-refractivity contribution in [3.63, 3.8) is 0 Å². The Bertz CT molecular complexity index is 896. The van der Waals surface area contributed by atoms with E-state index in [2.05, 4.69) is 21.9 Å². The van der Waals surface area contributed by atoms with Gasteiger partial charge in [-0.3, -0.25) is 9.78 Å². The van der Waals surface area contributed by atoms with Crippen LogP contribution in [0.15, 0.2) is 61.2 Å². The third-order valence-electron chi connectivity index (χ3n) is 4.68. The quantitative estimate of drug-likeness (QED) is 0.619. The summed E-state index contributed by atoms with van der Waals surface area (Å²) in [4.78, 5) is 27.8. The number of pyridine rings is 1. The molecule has 28 heavy (non-hydrogen) atoms. The molecule has 3 rings (SSSR count). The minimum atomic E-state index is -0.0806. The first kappa shape index (κ1) is 19.5. The van der Waals surface area contributed by atoms with Crippen LogP contribution in [0.25, 0.3) is 11.4 Å². The van der Waals surface area contributed by atoms with Crippen molar-refractivity contribution >= 4 is 5.91 Å². The lowest BCUT2D eigenvalue weighted by Gasteiger charge is -2.30. The molecule has 2 heterocycles. The minimum Gasteiger partial charge on any atom is -0.497 e. The molecule has 6 nitrogen and oxygen atoms in total. The number of carbonyl (C=O) groups excluding carboxylic acids is 1. The van der Waals surface area contributed by atoms with Crippen molar-refractivity contribution in [1.82, 2.24) is 19.9 Å². The number of hydrogen-bond donors (Lipinski definition) is 0. The summed E-state index contributed by atoms with van der Waals surface area (Å²) in [5.74, 6) is 1.27. The molecule has 2 aromatic heterocycles. The molecule has 0 spiro atoms. The van der Waals surface area contributed by atoms with Gasteiger partial charge < -0.3 is 9.64 Å². The Kier molecular flexibility index (Phi) is 6.32. The van der Waals surface area contributed by atoms with Gasteiger partial charge in [0.25, 0.3) is 5.91 Å². The van der Waals surface area contributed by atoms with E-state index in [-0.39, 0.29) is 11.9 Å². The second-order valence-corrected chi connectivity index (χ2v) is 6.33. The second-order valence-electron chi connectivity index (χ2n) is 6.33. The topological polar surface area (TPSA) is 68.2 Å². The van der Waals surface area contributed by atoms with Crippen LogP contribution in [0.4, 0.5) is 0 Å².